The number of ether oxygens (including phenoxy) is 1. The number of thioether (sulfide) groups is 1. The largest absolute Gasteiger partial charge is 0.479 e. The molecule has 36 heavy (non-hydrogen) atoms. The molecule has 1 amide bonds. The first-order valence-corrected chi connectivity index (χ1v) is 11.6. The van der Waals surface area contributed by atoms with Crippen molar-refractivity contribution >= 4 is 45.4 Å². The number of aromatic nitrogens is 3. The average molecular weight is 512 g/mol. The van der Waals surface area contributed by atoms with E-state index in [2.05, 4.69) is 31.2 Å². The maximum Gasteiger partial charge on any atom is 0.234 e. The Bertz CT molecular complexity index is 1440. The summed E-state index contributed by atoms with van der Waals surface area (Å²) in [5.74, 6) is -0.452. The third-order valence-corrected chi connectivity index (χ3v) is 7.71. The van der Waals surface area contributed by atoms with Crippen LogP contribution in [0, 0.1) is 29.9 Å². The number of nitrogens with zero attached hydrogens (tertiary/aromatic N) is 4. The predicted molar refractivity (Wildman–Crippen MR) is 135 cm³/mol. The van der Waals surface area contributed by atoms with Crippen LogP contribution in [0.5, 0.6) is 5.75 Å². The Morgan fingerprint density at radius 2 is 2.03 bits per heavy atom. The third-order valence-electron chi connectivity index (χ3n) is 6.43. The van der Waals surface area contributed by atoms with Crippen LogP contribution in [-0.2, 0) is 10.3 Å². The number of benzene rings is 1. The van der Waals surface area contributed by atoms with Crippen molar-refractivity contribution in [3.63, 3.8) is 0 Å². The normalized spacial score (nSPS) is 23.6. The highest BCUT2D eigenvalue weighted by Crippen LogP contribution is 2.50. The van der Waals surface area contributed by atoms with Gasteiger partial charge in [0.25, 0.3) is 0 Å². The maximum absolute atomic E-state index is 15.2. The first kappa shape index (κ1) is 25.1. The molecule has 0 spiro atoms. The number of terminal acetylenes is 1. The summed E-state index contributed by atoms with van der Waals surface area (Å²) in [5.41, 5.74) is 11.2. The van der Waals surface area contributed by atoms with Crippen LogP contribution < -0.4 is 21.5 Å². The molecule has 5 N–H and O–H groups in total. The minimum Gasteiger partial charge on any atom is -0.479 e. The molecular formula is C24H23F2N7O2S. The zero-order chi connectivity index (χ0) is 26.3. The lowest BCUT2D eigenvalue weighted by atomic mass is 9.73. The number of rotatable bonds is 6. The van der Waals surface area contributed by atoms with Gasteiger partial charge in [0.1, 0.15) is 28.9 Å². The molecule has 9 nitrogen and oxygen atoms in total. The molecule has 0 radical (unpaired) electrons. The Labute approximate surface area is 210 Å². The van der Waals surface area contributed by atoms with Crippen molar-refractivity contribution in [1.29, 1.82) is 0 Å². The summed E-state index contributed by atoms with van der Waals surface area (Å²) >= 11 is 1.00. The SMILES string of the molecule is C#CCOc1cnc2c(Nc3cc(F)c(F)c([C@@]4(C)N=C(N)S[C@](C)(C(N)=O)[C@H]4C)c3)ncnc2c1. The minimum absolute atomic E-state index is 0.0453. The number of hydrogen-bond donors (Lipinski definition) is 3. The van der Waals surface area contributed by atoms with Gasteiger partial charge in [0.15, 0.2) is 22.6 Å². The number of amidine groups is 1. The summed E-state index contributed by atoms with van der Waals surface area (Å²) in [6, 6.07) is 4.03. The van der Waals surface area contributed by atoms with E-state index < -0.39 is 33.7 Å². The lowest BCUT2D eigenvalue weighted by Gasteiger charge is -2.45. The molecular weight excluding hydrogens is 488 g/mol. The van der Waals surface area contributed by atoms with Gasteiger partial charge in [-0.25, -0.2) is 23.7 Å². The number of anilines is 2. The second kappa shape index (κ2) is 9.23. The number of fused-ring (bicyclic) bond motifs is 1. The fourth-order valence-electron chi connectivity index (χ4n) is 4.13. The standard InChI is InChI=1S/C24H23F2N7O2S/c1-5-6-35-14-9-17-19(29-10-14)20(31-11-30-17)32-13-7-15(18(26)16(25)8-13)23(3)12(2)24(4,21(27)34)36-22(28)33-23/h1,7-12H,6H2,2-4H3,(H2,27,34)(H2,28,33)(H,30,31,32)/t12-,23-,24-/m0/s1. The molecule has 0 bridgehead atoms. The third kappa shape index (κ3) is 4.26. The van der Waals surface area contributed by atoms with Crippen molar-refractivity contribution in [2.75, 3.05) is 11.9 Å². The van der Waals surface area contributed by atoms with Crippen molar-refractivity contribution in [3.05, 3.63) is 47.9 Å². The lowest BCUT2D eigenvalue weighted by Crippen LogP contribution is -2.55. The molecule has 0 saturated heterocycles. The molecule has 0 fully saturated rings. The Morgan fingerprint density at radius 3 is 2.72 bits per heavy atom. The zero-order valence-corrected chi connectivity index (χ0v) is 20.5. The van der Waals surface area contributed by atoms with E-state index in [9.17, 15) is 9.18 Å². The first-order chi connectivity index (χ1) is 17.0. The van der Waals surface area contributed by atoms with Crippen molar-refractivity contribution in [2.45, 2.75) is 31.1 Å². The highest BCUT2D eigenvalue weighted by Gasteiger charge is 2.53. The van der Waals surface area contributed by atoms with E-state index in [4.69, 9.17) is 22.6 Å². The van der Waals surface area contributed by atoms with Crippen molar-refractivity contribution < 1.29 is 18.3 Å². The summed E-state index contributed by atoms with van der Waals surface area (Å²) < 4.78 is 34.2. The number of carbonyl (C=O) groups excluding carboxylic acids is 1. The van der Waals surface area contributed by atoms with Crippen LogP contribution >= 0.6 is 11.8 Å². The number of primary amides is 1. The quantitative estimate of drug-likeness (QED) is 0.429. The van der Waals surface area contributed by atoms with Gasteiger partial charge in [0.05, 0.1) is 17.3 Å². The van der Waals surface area contributed by atoms with Gasteiger partial charge in [-0.3, -0.25) is 9.79 Å². The topological polar surface area (TPSA) is 141 Å². The number of pyridine rings is 1. The Hall–Kier alpha value is -3.98. The summed E-state index contributed by atoms with van der Waals surface area (Å²) in [6.45, 7) is 4.97. The van der Waals surface area contributed by atoms with E-state index in [1.165, 1.54) is 18.6 Å². The molecule has 3 heterocycles. The summed E-state index contributed by atoms with van der Waals surface area (Å²) in [7, 11) is 0. The van der Waals surface area contributed by atoms with Crippen LogP contribution in [0.3, 0.4) is 0 Å². The van der Waals surface area contributed by atoms with Gasteiger partial charge in [-0.1, -0.05) is 24.6 Å². The summed E-state index contributed by atoms with van der Waals surface area (Å²) in [5, 5.41) is 3.02. The fourth-order valence-corrected chi connectivity index (χ4v) is 5.31. The summed E-state index contributed by atoms with van der Waals surface area (Å²) in [6.07, 6.45) is 7.96. The Morgan fingerprint density at radius 1 is 1.28 bits per heavy atom. The highest BCUT2D eigenvalue weighted by molar-refractivity contribution is 8.15. The first-order valence-electron chi connectivity index (χ1n) is 10.8. The average Bonchev–Trinajstić information content (AvgIpc) is 2.83. The molecule has 1 aromatic carbocycles. The van der Waals surface area contributed by atoms with E-state index in [0.29, 0.717) is 16.8 Å². The van der Waals surface area contributed by atoms with Gasteiger partial charge in [-0.2, -0.15) is 0 Å². The second-order valence-corrected chi connectivity index (χ2v) is 10.1. The molecule has 3 aromatic rings. The number of hydrogen-bond acceptors (Lipinski definition) is 9. The van der Waals surface area contributed by atoms with Gasteiger partial charge in [0.2, 0.25) is 5.91 Å². The number of nitrogens with one attached hydrogen (secondary N) is 1. The van der Waals surface area contributed by atoms with Gasteiger partial charge < -0.3 is 21.5 Å². The zero-order valence-electron chi connectivity index (χ0n) is 19.7. The molecule has 186 valence electrons. The molecule has 1 aliphatic heterocycles. The van der Waals surface area contributed by atoms with E-state index in [1.807, 2.05) is 0 Å². The van der Waals surface area contributed by atoms with Crippen LogP contribution in [0.2, 0.25) is 0 Å². The van der Waals surface area contributed by atoms with E-state index >= 15 is 4.39 Å². The molecule has 0 saturated carbocycles. The minimum atomic E-state index is -1.39. The molecule has 4 rings (SSSR count). The van der Waals surface area contributed by atoms with E-state index in [0.717, 1.165) is 17.8 Å². The van der Waals surface area contributed by atoms with Crippen molar-refractivity contribution in [2.24, 2.45) is 22.4 Å². The molecule has 0 unspecified atom stereocenters. The second-order valence-electron chi connectivity index (χ2n) is 8.59. The van der Waals surface area contributed by atoms with Crippen molar-refractivity contribution in [1.82, 2.24) is 15.0 Å². The number of aliphatic imine (C=N–C) groups is 1. The number of nitrogens with two attached hydrogens (primary N) is 2. The summed E-state index contributed by atoms with van der Waals surface area (Å²) in [4.78, 5) is 29.4. The van der Waals surface area contributed by atoms with Crippen LogP contribution in [0.1, 0.15) is 26.3 Å². The van der Waals surface area contributed by atoms with Crippen LogP contribution in [0.15, 0.2) is 35.7 Å². The van der Waals surface area contributed by atoms with E-state index in [-0.39, 0.29) is 28.8 Å². The van der Waals surface area contributed by atoms with Gasteiger partial charge >= 0.3 is 0 Å². The van der Waals surface area contributed by atoms with Gasteiger partial charge in [0, 0.05) is 29.3 Å². The lowest BCUT2D eigenvalue weighted by molar-refractivity contribution is -0.121. The molecule has 2 aromatic heterocycles. The number of amides is 1. The Balaban J connectivity index is 1.78. The van der Waals surface area contributed by atoms with Gasteiger partial charge in [-0.15, -0.1) is 6.42 Å². The Kier molecular flexibility index (Phi) is 6.44. The molecule has 12 heteroatoms. The monoisotopic (exact) mass is 511 g/mol. The smallest absolute Gasteiger partial charge is 0.234 e. The van der Waals surface area contributed by atoms with Crippen molar-refractivity contribution in [3.8, 4) is 18.1 Å². The van der Waals surface area contributed by atoms with Gasteiger partial charge in [-0.05, 0) is 19.9 Å². The number of halogens is 2. The van der Waals surface area contributed by atoms with Crippen LogP contribution in [0.25, 0.3) is 11.0 Å². The molecule has 1 aliphatic rings. The highest BCUT2D eigenvalue weighted by atomic mass is 32.2. The maximum atomic E-state index is 15.2. The predicted octanol–water partition coefficient (Wildman–Crippen LogP) is 3.22. The van der Waals surface area contributed by atoms with E-state index in [1.54, 1.807) is 26.8 Å². The number of carbonyl (C=O) groups is 1. The fraction of sp³-hybridized carbons (Fsp3) is 0.292. The van der Waals surface area contributed by atoms with Crippen LogP contribution in [-0.4, -0.2) is 37.4 Å². The van der Waals surface area contributed by atoms with Crippen LogP contribution in [0.4, 0.5) is 20.3 Å². The molecule has 3 atom stereocenters. The molecule has 0 aliphatic carbocycles.